The predicted octanol–water partition coefficient (Wildman–Crippen LogP) is 1.16. The number of hydrogen-bond acceptors (Lipinski definition) is 7. The van der Waals surface area contributed by atoms with E-state index >= 15 is 0 Å². The van der Waals surface area contributed by atoms with E-state index in [4.69, 9.17) is 31.7 Å². The Kier molecular flexibility index (Phi) is 6.90. The summed E-state index contributed by atoms with van der Waals surface area (Å²) in [7, 11) is 0. The van der Waals surface area contributed by atoms with Crippen molar-refractivity contribution >= 4 is 5.87 Å². The molecule has 0 radical (unpaired) electrons. The first-order valence-corrected chi connectivity index (χ1v) is 5.92. The highest BCUT2D eigenvalue weighted by atomic mass is 16.3. The molecule has 0 aromatic heterocycles. The SMILES string of the molecule is CC(O)(CCC(C(=C=N)C#N)C(C#N)C#N)C(C#N)C#N. The number of nitrogens with zero attached hydrogens (tertiary/aromatic N) is 5. The molecule has 0 aliphatic carbocycles. The molecule has 0 amide bonds. The van der Waals surface area contributed by atoms with E-state index in [0.29, 0.717) is 0 Å². The van der Waals surface area contributed by atoms with E-state index in [1.54, 1.807) is 30.3 Å². The number of allylic oxidation sites excluding steroid dienone is 1. The third kappa shape index (κ3) is 4.47. The topological polar surface area (TPSA) is 163 Å². The summed E-state index contributed by atoms with van der Waals surface area (Å²) < 4.78 is 0. The maximum Gasteiger partial charge on any atom is 0.161 e. The van der Waals surface area contributed by atoms with Crippen molar-refractivity contribution in [2.24, 2.45) is 17.8 Å². The Morgan fingerprint density at radius 2 is 1.62 bits per heavy atom. The second-order valence-electron chi connectivity index (χ2n) is 4.58. The van der Waals surface area contributed by atoms with Gasteiger partial charge in [0.25, 0.3) is 0 Å². The van der Waals surface area contributed by atoms with Crippen molar-refractivity contribution in [3.63, 3.8) is 0 Å². The Balaban J connectivity index is 5.32. The van der Waals surface area contributed by atoms with Crippen LogP contribution in [0.15, 0.2) is 5.57 Å². The van der Waals surface area contributed by atoms with Crippen LogP contribution in [-0.2, 0) is 0 Å². The molecule has 7 heteroatoms. The molecule has 2 N–H and O–H groups in total. The Hall–Kier alpha value is -3.14. The minimum Gasteiger partial charge on any atom is -0.388 e. The fourth-order valence-corrected chi connectivity index (χ4v) is 1.79. The molecule has 21 heavy (non-hydrogen) atoms. The zero-order valence-electron chi connectivity index (χ0n) is 11.3. The van der Waals surface area contributed by atoms with E-state index in [0.717, 1.165) is 0 Å². The fourth-order valence-electron chi connectivity index (χ4n) is 1.79. The third-order valence-electron chi connectivity index (χ3n) is 3.15. The molecule has 0 spiro atoms. The van der Waals surface area contributed by atoms with Crippen LogP contribution in [-0.4, -0.2) is 16.6 Å². The van der Waals surface area contributed by atoms with E-state index in [9.17, 15) is 5.11 Å². The summed E-state index contributed by atoms with van der Waals surface area (Å²) >= 11 is 0. The lowest BCUT2D eigenvalue weighted by Gasteiger charge is -2.26. The first-order valence-electron chi connectivity index (χ1n) is 5.92. The van der Waals surface area contributed by atoms with Gasteiger partial charge >= 0.3 is 0 Å². The van der Waals surface area contributed by atoms with Crippen molar-refractivity contribution in [3.8, 4) is 30.3 Å². The van der Waals surface area contributed by atoms with E-state index in [1.807, 2.05) is 5.87 Å². The lowest BCUT2D eigenvalue weighted by molar-refractivity contribution is 0.0252. The zero-order chi connectivity index (χ0) is 16.5. The Morgan fingerprint density at radius 1 is 1.10 bits per heavy atom. The maximum absolute atomic E-state index is 10.1. The minimum atomic E-state index is -1.64. The van der Waals surface area contributed by atoms with Crippen molar-refractivity contribution in [1.82, 2.24) is 0 Å². The summed E-state index contributed by atoms with van der Waals surface area (Å²) in [5, 5.41) is 61.5. The van der Waals surface area contributed by atoms with Gasteiger partial charge in [0.15, 0.2) is 5.92 Å². The van der Waals surface area contributed by atoms with Crippen LogP contribution in [0.1, 0.15) is 19.8 Å². The smallest absolute Gasteiger partial charge is 0.161 e. The van der Waals surface area contributed by atoms with Gasteiger partial charge in [0.2, 0.25) is 0 Å². The molecule has 0 aromatic carbocycles. The molecule has 0 aromatic rings. The fraction of sp³-hybridized carbons (Fsp3) is 0.500. The minimum absolute atomic E-state index is 0.00736. The largest absolute Gasteiger partial charge is 0.388 e. The molecule has 0 aliphatic heterocycles. The molecule has 2 atom stereocenters. The number of aliphatic hydroxyl groups is 1. The third-order valence-corrected chi connectivity index (χ3v) is 3.15. The summed E-state index contributed by atoms with van der Waals surface area (Å²) in [4.78, 5) is 0. The highest BCUT2D eigenvalue weighted by Crippen LogP contribution is 2.30. The highest BCUT2D eigenvalue weighted by Gasteiger charge is 2.35. The van der Waals surface area contributed by atoms with E-state index in [2.05, 4.69) is 0 Å². The molecule has 7 nitrogen and oxygen atoms in total. The van der Waals surface area contributed by atoms with Crippen molar-refractivity contribution in [3.05, 3.63) is 5.57 Å². The van der Waals surface area contributed by atoms with Crippen LogP contribution >= 0.6 is 0 Å². The van der Waals surface area contributed by atoms with Crippen LogP contribution in [0, 0.1) is 79.8 Å². The second-order valence-corrected chi connectivity index (χ2v) is 4.58. The standard InChI is InChI=1S/C14H12N6O/c1-14(21,12(8-19)9-20)3-2-13(10(4-15)5-16)11(6-17)7-18/h10,12-13,17,21H,2-3H2,1H3. The molecule has 0 saturated heterocycles. The van der Waals surface area contributed by atoms with E-state index in [-0.39, 0.29) is 18.4 Å². The second kappa shape index (κ2) is 8.12. The van der Waals surface area contributed by atoms with Crippen LogP contribution < -0.4 is 0 Å². The van der Waals surface area contributed by atoms with Gasteiger partial charge in [-0.05, 0) is 25.6 Å². The van der Waals surface area contributed by atoms with Gasteiger partial charge in [-0.2, -0.15) is 26.3 Å². The number of nitriles is 5. The maximum atomic E-state index is 10.1. The van der Waals surface area contributed by atoms with Gasteiger partial charge in [-0.3, -0.25) is 5.41 Å². The van der Waals surface area contributed by atoms with Gasteiger partial charge in [0.05, 0.1) is 35.5 Å². The van der Waals surface area contributed by atoms with Gasteiger partial charge in [-0.25, -0.2) is 0 Å². The molecular formula is C14H12N6O. The number of hydrogen-bond donors (Lipinski definition) is 2. The average Bonchev–Trinajstić information content (AvgIpc) is 2.47. The molecule has 2 unspecified atom stereocenters. The number of nitrogens with one attached hydrogen (secondary N) is 1. The first-order chi connectivity index (χ1) is 9.91. The summed E-state index contributed by atoms with van der Waals surface area (Å²) in [5.74, 6) is -1.45. The van der Waals surface area contributed by atoms with Crippen LogP contribution in [0.5, 0.6) is 0 Å². The molecule has 0 bridgehead atoms. The van der Waals surface area contributed by atoms with Gasteiger partial charge in [-0.1, -0.05) is 0 Å². The summed E-state index contributed by atoms with van der Waals surface area (Å²) in [6, 6.07) is 8.48. The van der Waals surface area contributed by atoms with E-state index < -0.39 is 23.4 Å². The van der Waals surface area contributed by atoms with Crippen LogP contribution in [0.25, 0.3) is 0 Å². The summed E-state index contributed by atoms with van der Waals surface area (Å²) in [6.07, 6.45) is -0.0659. The Bertz CT molecular complexity index is 611. The predicted molar refractivity (Wildman–Crippen MR) is 69.6 cm³/mol. The molecule has 0 rings (SSSR count). The molecule has 0 heterocycles. The van der Waals surface area contributed by atoms with Gasteiger partial charge in [0.1, 0.15) is 12.0 Å². The van der Waals surface area contributed by atoms with Crippen LogP contribution in [0.3, 0.4) is 0 Å². The van der Waals surface area contributed by atoms with Gasteiger partial charge in [-0.15, -0.1) is 0 Å². The van der Waals surface area contributed by atoms with Gasteiger partial charge < -0.3 is 5.11 Å². The summed E-state index contributed by atoms with van der Waals surface area (Å²) in [6.45, 7) is 1.30. The monoisotopic (exact) mass is 280 g/mol. The average molecular weight is 280 g/mol. The molecule has 0 saturated carbocycles. The summed E-state index contributed by atoms with van der Waals surface area (Å²) in [5.41, 5.74) is -1.82. The van der Waals surface area contributed by atoms with E-state index in [1.165, 1.54) is 6.92 Å². The van der Waals surface area contributed by atoms with Crippen molar-refractivity contribution in [2.45, 2.75) is 25.4 Å². The molecular weight excluding hydrogens is 268 g/mol. The Labute approximate surface area is 122 Å². The van der Waals surface area contributed by atoms with Gasteiger partial charge in [0, 0.05) is 5.92 Å². The first kappa shape index (κ1) is 17.9. The quantitative estimate of drug-likeness (QED) is 0.547. The lowest BCUT2D eigenvalue weighted by atomic mass is 9.79. The van der Waals surface area contributed by atoms with Crippen LogP contribution in [0.4, 0.5) is 0 Å². The molecule has 104 valence electrons. The van der Waals surface area contributed by atoms with Crippen molar-refractivity contribution in [1.29, 1.82) is 31.7 Å². The Morgan fingerprint density at radius 3 is 1.95 bits per heavy atom. The normalized spacial score (nSPS) is 13.5. The highest BCUT2D eigenvalue weighted by molar-refractivity contribution is 5.61. The molecule has 0 fully saturated rings. The van der Waals surface area contributed by atoms with Crippen molar-refractivity contribution < 1.29 is 5.11 Å². The van der Waals surface area contributed by atoms with Crippen molar-refractivity contribution in [2.75, 3.05) is 0 Å². The number of rotatable bonds is 6. The van der Waals surface area contributed by atoms with Crippen LogP contribution in [0.2, 0.25) is 0 Å². The lowest BCUT2D eigenvalue weighted by Crippen LogP contribution is -2.34. The molecule has 0 aliphatic rings. The zero-order valence-corrected chi connectivity index (χ0v) is 11.3.